The molecule has 1 aromatic heterocycles. The number of aryl methyl sites for hydroxylation is 1. The van der Waals surface area contributed by atoms with Gasteiger partial charge in [0.15, 0.2) is 0 Å². The van der Waals surface area contributed by atoms with Gasteiger partial charge in [-0.15, -0.1) is 0 Å². The fourth-order valence-electron chi connectivity index (χ4n) is 4.03. The first-order valence-corrected chi connectivity index (χ1v) is 10.5. The molecule has 0 unspecified atom stereocenters. The van der Waals surface area contributed by atoms with Crippen molar-refractivity contribution in [3.63, 3.8) is 0 Å². The molecule has 4 rings (SSSR count). The van der Waals surface area contributed by atoms with Gasteiger partial charge in [0.25, 0.3) is 5.91 Å². The Labute approximate surface area is 172 Å². The third-order valence-electron chi connectivity index (χ3n) is 5.92. The first-order valence-electron chi connectivity index (χ1n) is 10.5. The summed E-state index contributed by atoms with van der Waals surface area (Å²) in [5.74, 6) is 0.748. The predicted octanol–water partition coefficient (Wildman–Crippen LogP) is 1.89. The van der Waals surface area contributed by atoms with E-state index >= 15 is 0 Å². The van der Waals surface area contributed by atoms with Crippen LogP contribution < -0.4 is 9.80 Å². The maximum Gasteiger partial charge on any atom is 0.257 e. The highest BCUT2D eigenvalue weighted by Crippen LogP contribution is 2.19. The van der Waals surface area contributed by atoms with Gasteiger partial charge in [-0.1, -0.05) is 19.1 Å². The molecule has 0 spiro atoms. The van der Waals surface area contributed by atoms with Crippen LogP contribution in [0.1, 0.15) is 22.8 Å². The maximum absolute atomic E-state index is 12.9. The summed E-state index contributed by atoms with van der Waals surface area (Å²) in [6.45, 7) is 12.4. The van der Waals surface area contributed by atoms with Crippen LogP contribution in [0.25, 0.3) is 0 Å². The Morgan fingerprint density at radius 2 is 1.59 bits per heavy atom. The third kappa shape index (κ3) is 4.50. The molecule has 7 heteroatoms. The van der Waals surface area contributed by atoms with Gasteiger partial charge in [0.2, 0.25) is 5.95 Å². The topological polar surface area (TPSA) is 55.8 Å². The molecule has 0 bridgehead atoms. The minimum atomic E-state index is 0.0243. The Hall–Kier alpha value is -2.67. The van der Waals surface area contributed by atoms with Gasteiger partial charge in [-0.3, -0.25) is 4.79 Å². The first-order chi connectivity index (χ1) is 14.1. The highest BCUT2D eigenvalue weighted by Gasteiger charge is 2.24. The summed E-state index contributed by atoms with van der Waals surface area (Å²) in [7, 11) is 0. The SMILES string of the molecule is CCN1CCN(c2ncc(C(=O)N3CCN(c4cccc(C)c4)CC3)cn2)CC1. The van der Waals surface area contributed by atoms with Crippen LogP contribution in [-0.2, 0) is 0 Å². The number of rotatable bonds is 4. The summed E-state index contributed by atoms with van der Waals surface area (Å²) >= 11 is 0. The largest absolute Gasteiger partial charge is 0.368 e. The maximum atomic E-state index is 12.9. The second kappa shape index (κ2) is 8.78. The fraction of sp³-hybridized carbons (Fsp3) is 0.500. The predicted molar refractivity (Wildman–Crippen MR) is 116 cm³/mol. The van der Waals surface area contributed by atoms with Gasteiger partial charge in [0, 0.05) is 70.4 Å². The zero-order valence-electron chi connectivity index (χ0n) is 17.4. The van der Waals surface area contributed by atoms with Crippen LogP contribution in [0.3, 0.4) is 0 Å². The number of benzene rings is 1. The molecule has 2 fully saturated rings. The van der Waals surface area contributed by atoms with E-state index in [1.165, 1.54) is 11.3 Å². The van der Waals surface area contributed by atoms with Gasteiger partial charge in [-0.25, -0.2) is 9.97 Å². The minimum Gasteiger partial charge on any atom is -0.368 e. The molecule has 1 aromatic carbocycles. The highest BCUT2D eigenvalue weighted by molar-refractivity contribution is 5.93. The Morgan fingerprint density at radius 3 is 2.21 bits per heavy atom. The van der Waals surface area contributed by atoms with Crippen molar-refractivity contribution in [2.24, 2.45) is 0 Å². The van der Waals surface area contributed by atoms with Crippen LogP contribution in [0.15, 0.2) is 36.7 Å². The van der Waals surface area contributed by atoms with Crippen molar-refractivity contribution in [3.8, 4) is 0 Å². The van der Waals surface area contributed by atoms with Crippen LogP contribution >= 0.6 is 0 Å². The number of carbonyl (C=O) groups excluding carboxylic acids is 1. The molecule has 7 nitrogen and oxygen atoms in total. The van der Waals surface area contributed by atoms with Crippen LogP contribution in [0.5, 0.6) is 0 Å². The molecule has 0 radical (unpaired) electrons. The second-order valence-electron chi connectivity index (χ2n) is 7.81. The van der Waals surface area contributed by atoms with Crippen LogP contribution in [0.2, 0.25) is 0 Å². The molecule has 2 saturated heterocycles. The van der Waals surface area contributed by atoms with Gasteiger partial charge >= 0.3 is 0 Å². The molecular weight excluding hydrogens is 364 g/mol. The van der Waals surface area contributed by atoms with Crippen molar-refractivity contribution in [1.29, 1.82) is 0 Å². The van der Waals surface area contributed by atoms with Crippen LogP contribution in [0.4, 0.5) is 11.6 Å². The van der Waals surface area contributed by atoms with Gasteiger partial charge in [-0.2, -0.15) is 0 Å². The standard InChI is InChI=1S/C22H30N6O/c1-3-25-7-9-28(10-8-25)22-23-16-19(17-24-22)21(29)27-13-11-26(12-14-27)20-6-4-5-18(2)15-20/h4-6,15-17H,3,7-14H2,1-2H3. The van der Waals surface area contributed by atoms with Gasteiger partial charge < -0.3 is 19.6 Å². The number of hydrogen-bond acceptors (Lipinski definition) is 6. The summed E-state index contributed by atoms with van der Waals surface area (Å²) < 4.78 is 0. The van der Waals surface area contributed by atoms with Crippen molar-refractivity contribution >= 4 is 17.5 Å². The molecule has 2 aromatic rings. The molecule has 0 aliphatic carbocycles. The molecular formula is C22H30N6O. The molecule has 1 amide bonds. The first kappa shape index (κ1) is 19.6. The zero-order valence-corrected chi connectivity index (χ0v) is 17.4. The molecule has 2 aliphatic rings. The third-order valence-corrected chi connectivity index (χ3v) is 5.92. The Kier molecular flexibility index (Phi) is 5.94. The lowest BCUT2D eigenvalue weighted by Gasteiger charge is -2.36. The van der Waals surface area contributed by atoms with E-state index in [0.29, 0.717) is 18.7 Å². The van der Waals surface area contributed by atoms with E-state index in [0.717, 1.165) is 51.8 Å². The summed E-state index contributed by atoms with van der Waals surface area (Å²) in [6, 6.07) is 8.53. The molecule has 0 N–H and O–H groups in total. The molecule has 2 aliphatic heterocycles. The summed E-state index contributed by atoms with van der Waals surface area (Å²) in [6.07, 6.45) is 3.37. The van der Waals surface area contributed by atoms with Crippen molar-refractivity contribution < 1.29 is 4.79 Å². The van der Waals surface area contributed by atoms with E-state index in [9.17, 15) is 4.79 Å². The van der Waals surface area contributed by atoms with Gasteiger partial charge in [0.05, 0.1) is 5.56 Å². The van der Waals surface area contributed by atoms with Crippen LogP contribution in [0, 0.1) is 6.92 Å². The number of anilines is 2. The van der Waals surface area contributed by atoms with E-state index in [4.69, 9.17) is 0 Å². The van der Waals surface area contributed by atoms with Crippen molar-refractivity contribution in [3.05, 3.63) is 47.8 Å². The van der Waals surface area contributed by atoms with Gasteiger partial charge in [-0.05, 0) is 31.2 Å². The number of hydrogen-bond donors (Lipinski definition) is 0. The number of carbonyl (C=O) groups is 1. The van der Waals surface area contributed by atoms with E-state index in [1.807, 2.05) is 4.90 Å². The Morgan fingerprint density at radius 1 is 0.931 bits per heavy atom. The molecule has 0 saturated carbocycles. The number of amides is 1. The normalized spacial score (nSPS) is 18.2. The van der Waals surface area contributed by atoms with E-state index in [-0.39, 0.29) is 5.91 Å². The Bertz CT molecular complexity index is 823. The number of aromatic nitrogens is 2. The number of likely N-dealkylation sites (N-methyl/N-ethyl adjacent to an activating group) is 1. The lowest BCUT2D eigenvalue weighted by atomic mass is 10.2. The van der Waals surface area contributed by atoms with Crippen molar-refractivity contribution in [2.75, 3.05) is 68.7 Å². The lowest BCUT2D eigenvalue weighted by molar-refractivity contribution is 0.0746. The van der Waals surface area contributed by atoms with E-state index in [2.05, 4.69) is 62.8 Å². The number of nitrogens with zero attached hydrogens (tertiary/aromatic N) is 6. The van der Waals surface area contributed by atoms with Gasteiger partial charge in [0.1, 0.15) is 0 Å². The molecule has 3 heterocycles. The van der Waals surface area contributed by atoms with Crippen LogP contribution in [-0.4, -0.2) is 84.6 Å². The van der Waals surface area contributed by atoms with E-state index in [1.54, 1.807) is 12.4 Å². The zero-order chi connectivity index (χ0) is 20.2. The average Bonchev–Trinajstić information content (AvgIpc) is 2.79. The van der Waals surface area contributed by atoms with E-state index < -0.39 is 0 Å². The smallest absolute Gasteiger partial charge is 0.257 e. The minimum absolute atomic E-state index is 0.0243. The average molecular weight is 395 g/mol. The summed E-state index contributed by atoms with van der Waals surface area (Å²) in [5, 5.41) is 0. The summed E-state index contributed by atoms with van der Waals surface area (Å²) in [4.78, 5) is 30.7. The van der Waals surface area contributed by atoms with Crippen molar-refractivity contribution in [2.45, 2.75) is 13.8 Å². The molecule has 0 atom stereocenters. The highest BCUT2D eigenvalue weighted by atomic mass is 16.2. The Balaban J connectivity index is 1.33. The second-order valence-corrected chi connectivity index (χ2v) is 7.81. The molecule has 154 valence electrons. The summed E-state index contributed by atoms with van der Waals surface area (Å²) in [5.41, 5.74) is 3.06. The molecule has 29 heavy (non-hydrogen) atoms. The lowest BCUT2D eigenvalue weighted by Crippen LogP contribution is -2.49. The number of piperazine rings is 2. The quantitative estimate of drug-likeness (QED) is 0.789. The monoisotopic (exact) mass is 394 g/mol. The fourth-order valence-corrected chi connectivity index (χ4v) is 4.03. The van der Waals surface area contributed by atoms with Crippen molar-refractivity contribution in [1.82, 2.24) is 19.8 Å².